The molecule has 0 radical (unpaired) electrons. The molecule has 7 heteroatoms. The van der Waals surface area contributed by atoms with Crippen LogP contribution in [0.25, 0.3) is 0 Å². The van der Waals surface area contributed by atoms with Crippen LogP contribution in [0.3, 0.4) is 0 Å². The lowest BCUT2D eigenvalue weighted by molar-refractivity contribution is -0.149. The summed E-state index contributed by atoms with van der Waals surface area (Å²) in [7, 11) is 1.70. The number of carbonyl (C=O) groups excluding carboxylic acids is 1. The molecule has 6 nitrogen and oxygen atoms in total. The molecule has 1 unspecified atom stereocenters. The van der Waals surface area contributed by atoms with E-state index >= 15 is 0 Å². The van der Waals surface area contributed by atoms with Crippen molar-refractivity contribution in [1.82, 2.24) is 14.7 Å². The Labute approximate surface area is 103 Å². The Morgan fingerprint density at radius 1 is 1.56 bits per heavy atom. The first kappa shape index (κ1) is 12.5. The standard InChI is InChI=1S/C11H14FN3O3/c1-7-8(5-13-14(7)2)9(16)15-4-3-11(12,6-15)10(17)18/h5H,3-4,6H2,1-2H3,(H,17,18). The number of aliphatic carboxylic acids is 1. The highest BCUT2D eigenvalue weighted by Gasteiger charge is 2.47. The Hall–Kier alpha value is -1.92. The highest BCUT2D eigenvalue weighted by molar-refractivity contribution is 5.96. The Morgan fingerprint density at radius 2 is 2.22 bits per heavy atom. The summed E-state index contributed by atoms with van der Waals surface area (Å²) in [4.78, 5) is 24.1. The van der Waals surface area contributed by atoms with E-state index in [1.807, 2.05) is 0 Å². The molecule has 1 aliphatic rings. The number of hydrogen-bond acceptors (Lipinski definition) is 3. The summed E-state index contributed by atoms with van der Waals surface area (Å²) in [5.41, 5.74) is -1.27. The topological polar surface area (TPSA) is 75.4 Å². The van der Waals surface area contributed by atoms with Gasteiger partial charge in [0.05, 0.1) is 18.3 Å². The molecule has 2 heterocycles. The average molecular weight is 255 g/mol. The molecule has 0 aliphatic carbocycles. The Bertz CT molecular complexity index is 514. The lowest BCUT2D eigenvalue weighted by atomic mass is 10.1. The Kier molecular flexibility index (Phi) is 2.84. The number of aromatic nitrogens is 2. The number of nitrogens with zero attached hydrogens (tertiary/aromatic N) is 3. The van der Waals surface area contributed by atoms with Gasteiger partial charge in [0, 0.05) is 25.7 Å². The van der Waals surface area contributed by atoms with Gasteiger partial charge in [-0.15, -0.1) is 0 Å². The molecule has 1 amide bonds. The van der Waals surface area contributed by atoms with Crippen molar-refractivity contribution in [2.24, 2.45) is 7.05 Å². The summed E-state index contributed by atoms with van der Waals surface area (Å²) in [5.74, 6) is -1.89. The minimum Gasteiger partial charge on any atom is -0.479 e. The first-order valence-electron chi connectivity index (χ1n) is 5.55. The zero-order chi connectivity index (χ0) is 13.5. The van der Waals surface area contributed by atoms with Gasteiger partial charge in [0.2, 0.25) is 5.67 Å². The smallest absolute Gasteiger partial charge is 0.343 e. The number of carboxylic acid groups (broad SMARTS) is 1. The number of amides is 1. The SMILES string of the molecule is Cc1c(C(=O)N2CCC(F)(C(=O)O)C2)cnn1C. The quantitative estimate of drug-likeness (QED) is 0.828. The van der Waals surface area contributed by atoms with Gasteiger partial charge in [0.25, 0.3) is 5.91 Å². The fraction of sp³-hybridized carbons (Fsp3) is 0.545. The van der Waals surface area contributed by atoms with E-state index < -0.39 is 18.2 Å². The average Bonchev–Trinajstić information content (AvgIpc) is 2.85. The van der Waals surface area contributed by atoms with Crippen LogP contribution < -0.4 is 0 Å². The molecule has 1 N–H and O–H groups in total. The lowest BCUT2D eigenvalue weighted by Crippen LogP contribution is -2.39. The predicted molar refractivity (Wildman–Crippen MR) is 59.9 cm³/mol. The summed E-state index contributed by atoms with van der Waals surface area (Å²) >= 11 is 0. The molecule has 0 saturated carbocycles. The van der Waals surface area contributed by atoms with Crippen LogP contribution in [-0.2, 0) is 11.8 Å². The van der Waals surface area contributed by atoms with Crippen LogP contribution in [0.4, 0.5) is 4.39 Å². The zero-order valence-electron chi connectivity index (χ0n) is 10.2. The first-order chi connectivity index (χ1) is 8.35. The van der Waals surface area contributed by atoms with E-state index in [2.05, 4.69) is 5.10 Å². The third kappa shape index (κ3) is 1.85. The molecule has 1 atom stereocenters. The van der Waals surface area contributed by atoms with Crippen molar-refractivity contribution in [3.63, 3.8) is 0 Å². The van der Waals surface area contributed by atoms with Crippen LogP contribution in [0.5, 0.6) is 0 Å². The molecule has 1 aromatic rings. The number of aryl methyl sites for hydroxylation is 1. The van der Waals surface area contributed by atoms with Gasteiger partial charge in [-0.25, -0.2) is 9.18 Å². The Morgan fingerprint density at radius 3 is 2.67 bits per heavy atom. The number of carboxylic acids is 1. The van der Waals surface area contributed by atoms with Gasteiger partial charge in [0.1, 0.15) is 0 Å². The minimum atomic E-state index is -2.33. The number of alkyl halides is 1. The molecule has 0 spiro atoms. The van der Waals surface area contributed by atoms with Crippen molar-refractivity contribution in [1.29, 1.82) is 0 Å². The second-order valence-corrected chi connectivity index (χ2v) is 4.51. The van der Waals surface area contributed by atoms with E-state index in [1.165, 1.54) is 11.1 Å². The number of carbonyl (C=O) groups is 2. The molecule has 2 rings (SSSR count). The molecule has 0 aromatic carbocycles. The van der Waals surface area contributed by atoms with Crippen molar-refractivity contribution in [3.05, 3.63) is 17.5 Å². The van der Waals surface area contributed by atoms with E-state index in [9.17, 15) is 14.0 Å². The van der Waals surface area contributed by atoms with E-state index in [0.29, 0.717) is 11.3 Å². The largest absolute Gasteiger partial charge is 0.479 e. The predicted octanol–water partition coefficient (Wildman–Crippen LogP) is 0.367. The van der Waals surface area contributed by atoms with Gasteiger partial charge < -0.3 is 10.0 Å². The van der Waals surface area contributed by atoms with E-state index in [4.69, 9.17) is 5.11 Å². The van der Waals surface area contributed by atoms with Crippen molar-refractivity contribution in [2.45, 2.75) is 19.0 Å². The van der Waals surface area contributed by atoms with Crippen LogP contribution in [0.1, 0.15) is 22.5 Å². The number of rotatable bonds is 2. The molecule has 1 saturated heterocycles. The van der Waals surface area contributed by atoms with Crippen LogP contribution >= 0.6 is 0 Å². The van der Waals surface area contributed by atoms with Gasteiger partial charge in [-0.1, -0.05) is 0 Å². The second-order valence-electron chi connectivity index (χ2n) is 4.51. The third-order valence-electron chi connectivity index (χ3n) is 3.36. The van der Waals surface area contributed by atoms with Gasteiger partial charge in [-0.2, -0.15) is 5.10 Å². The van der Waals surface area contributed by atoms with E-state index in [0.717, 1.165) is 0 Å². The lowest BCUT2D eigenvalue weighted by Gasteiger charge is -2.17. The van der Waals surface area contributed by atoms with Gasteiger partial charge >= 0.3 is 5.97 Å². The fourth-order valence-corrected chi connectivity index (χ4v) is 2.00. The summed E-state index contributed by atoms with van der Waals surface area (Å²) in [6.45, 7) is 1.43. The molecule has 1 aromatic heterocycles. The Balaban J connectivity index is 2.18. The normalized spacial score (nSPS) is 23.4. The molecule has 1 aliphatic heterocycles. The van der Waals surface area contributed by atoms with Crippen molar-refractivity contribution < 1.29 is 19.1 Å². The fourth-order valence-electron chi connectivity index (χ4n) is 2.00. The summed E-state index contributed by atoms with van der Waals surface area (Å²) in [6, 6.07) is 0. The van der Waals surface area contributed by atoms with Gasteiger partial charge in [0.15, 0.2) is 0 Å². The maximum atomic E-state index is 13.9. The van der Waals surface area contributed by atoms with Crippen LogP contribution in [0.15, 0.2) is 6.20 Å². The van der Waals surface area contributed by atoms with Gasteiger partial charge in [-0.3, -0.25) is 9.48 Å². The van der Waals surface area contributed by atoms with Crippen molar-refractivity contribution in [2.75, 3.05) is 13.1 Å². The van der Waals surface area contributed by atoms with Gasteiger partial charge in [-0.05, 0) is 6.92 Å². The maximum absolute atomic E-state index is 13.9. The first-order valence-corrected chi connectivity index (χ1v) is 5.55. The van der Waals surface area contributed by atoms with Crippen LogP contribution in [0.2, 0.25) is 0 Å². The third-order valence-corrected chi connectivity index (χ3v) is 3.36. The highest BCUT2D eigenvalue weighted by atomic mass is 19.1. The molecule has 18 heavy (non-hydrogen) atoms. The van der Waals surface area contributed by atoms with E-state index in [1.54, 1.807) is 18.7 Å². The molecule has 0 bridgehead atoms. The molecular weight excluding hydrogens is 241 g/mol. The number of hydrogen-bond donors (Lipinski definition) is 1. The maximum Gasteiger partial charge on any atom is 0.343 e. The molecule has 1 fully saturated rings. The summed E-state index contributed by atoms with van der Waals surface area (Å²) < 4.78 is 15.4. The summed E-state index contributed by atoms with van der Waals surface area (Å²) in [6.07, 6.45) is 1.24. The summed E-state index contributed by atoms with van der Waals surface area (Å²) in [5, 5.41) is 12.7. The monoisotopic (exact) mass is 255 g/mol. The zero-order valence-corrected chi connectivity index (χ0v) is 10.2. The number of likely N-dealkylation sites (tertiary alicyclic amines) is 1. The van der Waals surface area contributed by atoms with E-state index in [-0.39, 0.29) is 18.9 Å². The molecule has 98 valence electrons. The van der Waals surface area contributed by atoms with Crippen molar-refractivity contribution >= 4 is 11.9 Å². The molecular formula is C11H14FN3O3. The van der Waals surface area contributed by atoms with Crippen molar-refractivity contribution in [3.8, 4) is 0 Å². The highest BCUT2D eigenvalue weighted by Crippen LogP contribution is 2.27. The number of halogens is 1. The minimum absolute atomic E-state index is 0.107. The van der Waals surface area contributed by atoms with Crippen LogP contribution in [-0.4, -0.2) is 50.4 Å². The second kappa shape index (κ2) is 4.08. The van der Waals surface area contributed by atoms with Crippen LogP contribution in [0, 0.1) is 6.92 Å².